The summed E-state index contributed by atoms with van der Waals surface area (Å²) < 4.78 is 5.81. The summed E-state index contributed by atoms with van der Waals surface area (Å²) in [5.41, 5.74) is 5.45. The number of carboxylic acid groups (broad SMARTS) is 1. The van der Waals surface area contributed by atoms with Crippen LogP contribution < -0.4 is 11.1 Å². The molecule has 0 spiro atoms. The van der Waals surface area contributed by atoms with Crippen molar-refractivity contribution in [3.8, 4) is 0 Å². The molecule has 0 heterocycles. The molecule has 0 aliphatic carbocycles. The van der Waals surface area contributed by atoms with Gasteiger partial charge in [-0.25, -0.2) is 4.79 Å². The van der Waals surface area contributed by atoms with E-state index in [1.54, 1.807) is 0 Å². The molecule has 7 nitrogen and oxygen atoms in total. The van der Waals surface area contributed by atoms with E-state index in [1.165, 1.54) is 19.3 Å². The normalized spacial score (nSPS) is 13.2. The van der Waals surface area contributed by atoms with Crippen LogP contribution >= 0.6 is 0 Å². The van der Waals surface area contributed by atoms with Gasteiger partial charge in [0, 0.05) is 12.8 Å². The van der Waals surface area contributed by atoms with E-state index in [4.69, 9.17) is 10.5 Å². The lowest BCUT2D eigenvalue weighted by molar-refractivity contribution is -0.147. The van der Waals surface area contributed by atoms with Gasteiger partial charge in [0.2, 0.25) is 5.91 Å². The first kappa shape index (κ1) is 39.6. The molecule has 7 heteroatoms. The van der Waals surface area contributed by atoms with E-state index in [2.05, 4.69) is 49.5 Å². The molecule has 0 aromatic carbocycles. The topological polar surface area (TPSA) is 119 Å². The summed E-state index contributed by atoms with van der Waals surface area (Å²) in [4.78, 5) is 35.9. The highest BCUT2D eigenvalue weighted by Gasteiger charge is 2.18. The van der Waals surface area contributed by atoms with Crippen LogP contribution in [0.2, 0.25) is 0 Å². The van der Waals surface area contributed by atoms with Gasteiger partial charge in [0.15, 0.2) is 0 Å². The molecular weight excluding hydrogens is 528 g/mol. The Morgan fingerprint density at radius 3 is 2.05 bits per heavy atom. The fourth-order valence-corrected chi connectivity index (χ4v) is 4.56. The predicted octanol–water partition coefficient (Wildman–Crippen LogP) is 8.33. The zero-order valence-corrected chi connectivity index (χ0v) is 26.8. The third-order valence-electron chi connectivity index (χ3n) is 7.14. The van der Waals surface area contributed by atoms with Gasteiger partial charge < -0.3 is 20.9 Å². The third-order valence-corrected chi connectivity index (χ3v) is 7.14. The van der Waals surface area contributed by atoms with Crippen LogP contribution in [0.3, 0.4) is 0 Å². The lowest BCUT2D eigenvalue weighted by Gasteiger charge is -2.15. The molecule has 0 aliphatic heterocycles. The van der Waals surface area contributed by atoms with Crippen molar-refractivity contribution in [1.29, 1.82) is 0 Å². The van der Waals surface area contributed by atoms with Crippen molar-refractivity contribution >= 4 is 17.8 Å². The van der Waals surface area contributed by atoms with Gasteiger partial charge >= 0.3 is 11.9 Å². The average Bonchev–Trinajstić information content (AvgIpc) is 2.97. The number of unbranched alkanes of at least 4 members (excludes halogenated alkanes) is 11. The van der Waals surface area contributed by atoms with Gasteiger partial charge in [-0.2, -0.15) is 0 Å². The molecule has 0 aliphatic rings. The number of amides is 1. The lowest BCUT2D eigenvalue weighted by atomic mass is 10.1. The molecule has 0 aromatic heterocycles. The van der Waals surface area contributed by atoms with E-state index in [9.17, 15) is 19.5 Å². The lowest BCUT2D eigenvalue weighted by Crippen LogP contribution is -2.40. The quantitative estimate of drug-likeness (QED) is 0.0458. The molecule has 0 radical (unpaired) electrons. The largest absolute Gasteiger partial charge is 0.480 e. The van der Waals surface area contributed by atoms with Crippen LogP contribution in [-0.2, 0) is 19.1 Å². The monoisotopic (exact) mass is 590 g/mol. The van der Waals surface area contributed by atoms with E-state index in [0.29, 0.717) is 38.6 Å². The molecule has 4 N–H and O–H groups in total. The van der Waals surface area contributed by atoms with Crippen LogP contribution in [0.4, 0.5) is 0 Å². The highest BCUT2D eigenvalue weighted by atomic mass is 16.5. The van der Waals surface area contributed by atoms with Gasteiger partial charge in [-0.1, -0.05) is 95.6 Å². The molecule has 42 heavy (non-hydrogen) atoms. The maximum atomic E-state index is 12.5. The zero-order chi connectivity index (χ0) is 31.1. The van der Waals surface area contributed by atoms with Gasteiger partial charge in [-0.15, -0.1) is 0 Å². The number of allylic oxidation sites excluding steroid dienone is 5. The van der Waals surface area contributed by atoms with Crippen LogP contribution in [0.5, 0.6) is 0 Å². The first-order valence-corrected chi connectivity index (χ1v) is 16.8. The van der Waals surface area contributed by atoms with Crippen LogP contribution in [0.1, 0.15) is 149 Å². The summed E-state index contributed by atoms with van der Waals surface area (Å²) in [6.45, 7) is 4.76. The number of aliphatic carboxylic acids is 1. The summed E-state index contributed by atoms with van der Waals surface area (Å²) in [6, 6.07) is -0.869. The van der Waals surface area contributed by atoms with Gasteiger partial charge in [0.25, 0.3) is 0 Å². The maximum Gasteiger partial charge on any atom is 0.326 e. The number of hydrogen-bond donors (Lipinski definition) is 3. The minimum atomic E-state index is -1.02. The Hall–Kier alpha value is -2.41. The van der Waals surface area contributed by atoms with Gasteiger partial charge in [0.1, 0.15) is 12.1 Å². The Labute approximate surface area is 256 Å². The molecule has 2 unspecified atom stereocenters. The molecule has 0 bridgehead atoms. The molecule has 0 saturated carbocycles. The number of carbonyl (C=O) groups excluding carboxylic acids is 2. The second-order valence-electron chi connectivity index (χ2n) is 11.2. The number of rotatable bonds is 29. The number of carboxylic acids is 1. The summed E-state index contributed by atoms with van der Waals surface area (Å²) in [5, 5.41) is 11.8. The van der Waals surface area contributed by atoms with Crippen molar-refractivity contribution < 1.29 is 24.2 Å². The standard InChI is InChI=1S/C35H62N2O5/c1-3-5-7-9-10-11-12-13-14-15-16-17-23-29-34(39)42-31(25-20-8-6-4-2)26-21-18-19-22-28-33(38)37-32(35(40)41)27-24-30-36/h7,9,11-12,20,25,31-32H,3-6,8,10,13-19,21-24,26-30,36H2,1-2H3,(H,37,38)(H,40,41)/b9-7-,12-11-,25-20-. The third kappa shape index (κ3) is 26.5. The summed E-state index contributed by atoms with van der Waals surface area (Å²) in [7, 11) is 0. The first-order valence-electron chi connectivity index (χ1n) is 16.8. The van der Waals surface area contributed by atoms with Gasteiger partial charge in [-0.05, 0) is 83.2 Å². The number of hydrogen-bond acceptors (Lipinski definition) is 5. The van der Waals surface area contributed by atoms with Gasteiger partial charge in [-0.3, -0.25) is 9.59 Å². The van der Waals surface area contributed by atoms with Crippen molar-refractivity contribution in [3.05, 3.63) is 36.5 Å². The second-order valence-corrected chi connectivity index (χ2v) is 11.2. The second kappa shape index (κ2) is 30.1. The Balaban J connectivity index is 4.17. The number of nitrogens with two attached hydrogens (primary N) is 1. The van der Waals surface area contributed by atoms with Crippen molar-refractivity contribution in [2.24, 2.45) is 5.73 Å². The highest BCUT2D eigenvalue weighted by Crippen LogP contribution is 2.14. The Kier molecular flexibility index (Phi) is 28.3. The van der Waals surface area contributed by atoms with Crippen molar-refractivity contribution in [3.63, 3.8) is 0 Å². The average molecular weight is 591 g/mol. The Bertz CT molecular complexity index is 762. The summed E-state index contributed by atoms with van der Waals surface area (Å²) in [6.07, 6.45) is 32.2. The smallest absolute Gasteiger partial charge is 0.326 e. The van der Waals surface area contributed by atoms with E-state index in [0.717, 1.165) is 83.5 Å². The number of carbonyl (C=O) groups is 3. The van der Waals surface area contributed by atoms with Crippen LogP contribution in [0, 0.1) is 0 Å². The van der Waals surface area contributed by atoms with Crippen LogP contribution in [0.15, 0.2) is 36.5 Å². The van der Waals surface area contributed by atoms with Gasteiger partial charge in [0.05, 0.1) is 0 Å². The van der Waals surface area contributed by atoms with Crippen molar-refractivity contribution in [2.45, 2.75) is 161 Å². The van der Waals surface area contributed by atoms with Crippen molar-refractivity contribution in [2.75, 3.05) is 6.54 Å². The minimum Gasteiger partial charge on any atom is -0.480 e. The number of ether oxygens (including phenoxy) is 1. The van der Waals surface area contributed by atoms with Crippen LogP contribution in [0.25, 0.3) is 0 Å². The Morgan fingerprint density at radius 2 is 1.36 bits per heavy atom. The van der Waals surface area contributed by atoms with Crippen LogP contribution in [-0.4, -0.2) is 41.6 Å². The fraction of sp³-hybridized carbons (Fsp3) is 0.743. The molecular formula is C35H62N2O5. The first-order chi connectivity index (χ1) is 20.4. The fourth-order valence-electron chi connectivity index (χ4n) is 4.56. The number of nitrogens with one attached hydrogen (secondary N) is 1. The minimum absolute atomic E-state index is 0.113. The predicted molar refractivity (Wildman–Crippen MR) is 174 cm³/mol. The van der Waals surface area contributed by atoms with E-state index in [-0.39, 0.29) is 18.0 Å². The molecule has 242 valence electrons. The maximum absolute atomic E-state index is 12.5. The summed E-state index contributed by atoms with van der Waals surface area (Å²) >= 11 is 0. The molecule has 2 atom stereocenters. The molecule has 0 saturated heterocycles. The molecule has 0 rings (SSSR count). The van der Waals surface area contributed by atoms with E-state index >= 15 is 0 Å². The van der Waals surface area contributed by atoms with E-state index in [1.807, 2.05) is 6.08 Å². The summed E-state index contributed by atoms with van der Waals surface area (Å²) in [5.74, 6) is -1.36. The van der Waals surface area contributed by atoms with Crippen molar-refractivity contribution in [1.82, 2.24) is 5.32 Å². The molecule has 0 aromatic rings. The number of esters is 1. The highest BCUT2D eigenvalue weighted by molar-refractivity contribution is 5.83. The Morgan fingerprint density at radius 1 is 0.714 bits per heavy atom. The molecule has 0 fully saturated rings. The molecule has 1 amide bonds. The van der Waals surface area contributed by atoms with E-state index < -0.39 is 12.0 Å². The zero-order valence-electron chi connectivity index (χ0n) is 26.8. The SMILES string of the molecule is CCC/C=C\C/C=C\CCCCCCCC(=O)OC(/C=C\CCCC)CCCCCCC(=O)NC(CCCN)C(=O)O.